The maximum absolute atomic E-state index is 13.1. The van der Waals surface area contributed by atoms with E-state index in [2.05, 4.69) is 56.8 Å². The Morgan fingerprint density at radius 3 is 2.49 bits per heavy atom. The molecule has 1 saturated carbocycles. The number of rotatable bonds is 8. The van der Waals surface area contributed by atoms with Crippen molar-refractivity contribution < 1.29 is 9.53 Å². The minimum atomic E-state index is -0.227. The van der Waals surface area contributed by atoms with Crippen molar-refractivity contribution in [3.63, 3.8) is 0 Å². The lowest BCUT2D eigenvalue weighted by molar-refractivity contribution is 0.241. The minimum absolute atomic E-state index is 0.0707. The van der Waals surface area contributed by atoms with Gasteiger partial charge in [0.1, 0.15) is 17.5 Å². The number of carbonyl (C=O) groups is 1. The molecule has 4 aromatic heterocycles. The van der Waals surface area contributed by atoms with Gasteiger partial charge < -0.3 is 15.4 Å². The maximum atomic E-state index is 13.1. The summed E-state index contributed by atoms with van der Waals surface area (Å²) in [5.74, 6) is 0.840. The van der Waals surface area contributed by atoms with E-state index in [1.54, 1.807) is 29.7 Å². The van der Waals surface area contributed by atoms with Crippen LogP contribution in [0.3, 0.4) is 0 Å². The second-order valence-electron chi connectivity index (χ2n) is 9.22. The number of H-pyrrole nitrogens is 1. The Kier molecular flexibility index (Phi) is 8.44. The molecule has 14 nitrogen and oxygen atoms in total. The third kappa shape index (κ3) is 6.15. The number of ether oxygens (including phenoxy) is 1. The summed E-state index contributed by atoms with van der Waals surface area (Å²) in [6.07, 6.45) is 12.4. The molecular weight excluding hydrogens is 548 g/mol. The summed E-state index contributed by atoms with van der Waals surface area (Å²) in [5.41, 5.74) is 2.29. The van der Waals surface area contributed by atoms with E-state index in [4.69, 9.17) is 16.3 Å². The number of methoxy groups -OCH3 is 1. The fourth-order valence-corrected chi connectivity index (χ4v) is 4.84. The Bertz CT molecular complexity index is 1530. The molecule has 3 N–H and O–H groups in total. The summed E-state index contributed by atoms with van der Waals surface area (Å²) < 4.78 is 5.01. The Morgan fingerprint density at radius 2 is 1.88 bits per heavy atom. The summed E-state index contributed by atoms with van der Waals surface area (Å²) in [4.78, 5) is 40.9. The normalized spacial score (nSPS) is 16.4. The third-order valence-electron chi connectivity index (χ3n) is 6.66. The number of anilines is 2. The number of nitrogens with zero attached hydrogens (tertiary/aromatic N) is 9. The first kappa shape index (κ1) is 27.7. The molecule has 210 valence electrons. The number of nitriles is 1. The number of halogens is 1. The highest BCUT2D eigenvalue weighted by Crippen LogP contribution is 2.30. The van der Waals surface area contributed by atoms with Crippen LogP contribution in [0.5, 0.6) is 6.01 Å². The topological polar surface area (TPSA) is 183 Å². The molecule has 4 aromatic rings. The molecule has 4 heterocycles. The van der Waals surface area contributed by atoms with E-state index in [0.717, 1.165) is 25.7 Å². The Labute approximate surface area is 240 Å². The molecule has 0 radical (unpaired) electrons. The van der Waals surface area contributed by atoms with E-state index < -0.39 is 0 Å². The van der Waals surface area contributed by atoms with Crippen LogP contribution >= 0.6 is 11.6 Å². The number of aromatic nitrogens is 8. The van der Waals surface area contributed by atoms with Gasteiger partial charge >= 0.3 is 12.0 Å². The Hall–Kier alpha value is -4.90. The first-order chi connectivity index (χ1) is 20.0. The van der Waals surface area contributed by atoms with E-state index in [9.17, 15) is 10.1 Å². The summed E-state index contributed by atoms with van der Waals surface area (Å²) in [7, 11) is 1.50. The number of hydrogen-bond acceptors (Lipinski definition) is 11. The fourth-order valence-electron chi connectivity index (χ4n) is 4.66. The van der Waals surface area contributed by atoms with Gasteiger partial charge in [-0.15, -0.1) is 0 Å². The molecule has 1 aliphatic carbocycles. The van der Waals surface area contributed by atoms with Crippen molar-refractivity contribution in [2.45, 2.75) is 44.7 Å². The van der Waals surface area contributed by atoms with Crippen molar-refractivity contribution >= 4 is 29.4 Å². The molecule has 0 unspecified atom stereocenters. The fraction of sp³-hybridized carbons (Fsp3) is 0.346. The zero-order chi connectivity index (χ0) is 28.8. The number of aromatic amines is 1. The molecule has 0 spiro atoms. The second-order valence-corrected chi connectivity index (χ2v) is 9.63. The SMILES string of the molecule is CCNC(=O)N(c1cnc(-c2cnc(OC)nc2)cn1)C1CCC(Nc2ncc(C#N)c(-c3n[nH]cc3Cl)n2)CC1. The van der Waals surface area contributed by atoms with E-state index in [-0.39, 0.29) is 29.7 Å². The first-order valence-corrected chi connectivity index (χ1v) is 13.4. The molecule has 0 bridgehead atoms. The van der Waals surface area contributed by atoms with E-state index >= 15 is 0 Å². The van der Waals surface area contributed by atoms with Gasteiger partial charge in [0.05, 0.1) is 42.0 Å². The van der Waals surface area contributed by atoms with Crippen LogP contribution in [-0.2, 0) is 0 Å². The molecule has 0 saturated heterocycles. The lowest BCUT2D eigenvalue weighted by Gasteiger charge is -2.36. The van der Waals surface area contributed by atoms with Gasteiger partial charge in [-0.2, -0.15) is 10.4 Å². The van der Waals surface area contributed by atoms with Gasteiger partial charge in [-0.1, -0.05) is 11.6 Å². The highest BCUT2D eigenvalue weighted by Gasteiger charge is 2.31. The monoisotopic (exact) mass is 574 g/mol. The molecule has 0 aromatic carbocycles. The molecule has 0 aliphatic heterocycles. The van der Waals surface area contributed by atoms with Crippen molar-refractivity contribution in [3.8, 4) is 34.7 Å². The van der Waals surface area contributed by atoms with Gasteiger partial charge in [0.2, 0.25) is 5.95 Å². The van der Waals surface area contributed by atoms with Crippen LogP contribution < -0.4 is 20.3 Å². The van der Waals surface area contributed by atoms with E-state index in [0.29, 0.717) is 46.0 Å². The lowest BCUT2D eigenvalue weighted by Crippen LogP contribution is -2.49. The molecule has 1 aliphatic rings. The average Bonchev–Trinajstić information content (AvgIpc) is 3.44. The summed E-state index contributed by atoms with van der Waals surface area (Å²) in [6.45, 7) is 2.36. The molecule has 5 rings (SSSR count). The third-order valence-corrected chi connectivity index (χ3v) is 6.95. The summed E-state index contributed by atoms with van der Waals surface area (Å²) >= 11 is 6.20. The van der Waals surface area contributed by atoms with Gasteiger partial charge in [0, 0.05) is 42.8 Å². The average molecular weight is 575 g/mol. The highest BCUT2D eigenvalue weighted by molar-refractivity contribution is 6.32. The van der Waals surface area contributed by atoms with Gasteiger partial charge in [0.25, 0.3) is 0 Å². The minimum Gasteiger partial charge on any atom is -0.467 e. The van der Waals surface area contributed by atoms with Gasteiger partial charge in [-0.05, 0) is 32.6 Å². The van der Waals surface area contributed by atoms with Gasteiger partial charge in [-0.3, -0.25) is 15.0 Å². The standard InChI is InChI=1S/C26H27ClN12O2/c1-3-29-26(40)39(21-14-30-20(13-31-21)16-10-33-25(41-2)34-11-16)18-6-4-17(5-7-18)36-24-32-9-15(8-28)22(37-24)23-19(27)12-35-38-23/h9-14,17-18H,3-7H2,1-2H3,(H,29,40)(H,35,38)(H,32,36,37). The van der Waals surface area contributed by atoms with Crippen molar-refractivity contribution in [1.29, 1.82) is 5.26 Å². The Morgan fingerprint density at radius 1 is 1.10 bits per heavy atom. The summed E-state index contributed by atoms with van der Waals surface area (Å²) in [6, 6.07) is 2.11. The van der Waals surface area contributed by atoms with Crippen LogP contribution in [-0.4, -0.2) is 71.9 Å². The highest BCUT2D eigenvalue weighted by atomic mass is 35.5. The summed E-state index contributed by atoms with van der Waals surface area (Å²) in [5, 5.41) is 22.9. The number of carbonyl (C=O) groups excluding carboxylic acids is 1. The zero-order valence-corrected chi connectivity index (χ0v) is 23.1. The molecule has 41 heavy (non-hydrogen) atoms. The van der Waals surface area contributed by atoms with Crippen LogP contribution in [0.25, 0.3) is 22.6 Å². The predicted octanol–water partition coefficient (Wildman–Crippen LogP) is 3.61. The largest absolute Gasteiger partial charge is 0.467 e. The lowest BCUT2D eigenvalue weighted by atomic mass is 9.90. The molecule has 15 heteroatoms. The number of nitrogens with one attached hydrogen (secondary N) is 3. The van der Waals surface area contributed by atoms with Crippen molar-refractivity contribution in [1.82, 2.24) is 45.4 Å². The van der Waals surface area contributed by atoms with Crippen LogP contribution in [0.1, 0.15) is 38.2 Å². The van der Waals surface area contributed by atoms with E-state index in [1.165, 1.54) is 19.5 Å². The number of urea groups is 1. The van der Waals surface area contributed by atoms with Crippen molar-refractivity contribution in [2.24, 2.45) is 0 Å². The number of amides is 2. The molecule has 0 atom stereocenters. The predicted molar refractivity (Wildman–Crippen MR) is 150 cm³/mol. The van der Waals surface area contributed by atoms with Gasteiger partial charge in [0.15, 0.2) is 5.82 Å². The Balaban J connectivity index is 1.28. The number of hydrogen-bond donors (Lipinski definition) is 3. The van der Waals surface area contributed by atoms with Gasteiger partial charge in [-0.25, -0.2) is 29.7 Å². The first-order valence-electron chi connectivity index (χ1n) is 13.0. The van der Waals surface area contributed by atoms with Crippen LogP contribution in [0.15, 0.2) is 37.2 Å². The smallest absolute Gasteiger partial charge is 0.323 e. The molecule has 2 amide bonds. The van der Waals surface area contributed by atoms with Crippen molar-refractivity contribution in [2.75, 3.05) is 23.9 Å². The zero-order valence-electron chi connectivity index (χ0n) is 22.4. The van der Waals surface area contributed by atoms with Crippen LogP contribution in [0.2, 0.25) is 5.02 Å². The van der Waals surface area contributed by atoms with Crippen molar-refractivity contribution in [3.05, 3.63) is 47.8 Å². The van der Waals surface area contributed by atoms with Crippen LogP contribution in [0, 0.1) is 11.3 Å². The maximum Gasteiger partial charge on any atom is 0.323 e. The van der Waals surface area contributed by atoms with E-state index in [1.807, 2.05) is 6.92 Å². The quantitative estimate of drug-likeness (QED) is 0.279. The molecular formula is C26H27ClN12O2. The van der Waals surface area contributed by atoms with Crippen LogP contribution in [0.4, 0.5) is 16.6 Å². The second kappa shape index (κ2) is 12.5. The molecule has 1 fully saturated rings.